The van der Waals surface area contributed by atoms with Gasteiger partial charge < -0.3 is 10.2 Å². The summed E-state index contributed by atoms with van der Waals surface area (Å²) >= 11 is 0. The highest BCUT2D eigenvalue weighted by molar-refractivity contribution is 6.05. The number of pyridine rings is 1. The number of amides is 2. The number of nitrogens with zero attached hydrogens (tertiary/aromatic N) is 3. The van der Waals surface area contributed by atoms with Crippen LogP contribution >= 0.6 is 0 Å². The zero-order valence-electron chi connectivity index (χ0n) is 16.1. The van der Waals surface area contributed by atoms with Crippen molar-refractivity contribution < 1.29 is 14.0 Å². The fourth-order valence-corrected chi connectivity index (χ4v) is 3.81. The largest absolute Gasteiger partial charge is 0.349 e. The molecule has 7 nitrogen and oxygen atoms in total. The summed E-state index contributed by atoms with van der Waals surface area (Å²) in [6.45, 7) is 3.16. The molecule has 0 bridgehead atoms. The molecule has 0 saturated carbocycles. The van der Waals surface area contributed by atoms with Gasteiger partial charge in [-0.05, 0) is 43.0 Å². The van der Waals surface area contributed by atoms with E-state index in [1.165, 1.54) is 12.1 Å². The van der Waals surface area contributed by atoms with Crippen LogP contribution in [-0.4, -0.2) is 51.0 Å². The highest BCUT2D eigenvalue weighted by Crippen LogP contribution is 2.22. The molecule has 3 aromatic rings. The number of likely N-dealkylation sites (tertiary alicyclic amines) is 1. The van der Waals surface area contributed by atoms with Crippen molar-refractivity contribution in [3.63, 3.8) is 0 Å². The Morgan fingerprint density at radius 2 is 2.28 bits per heavy atom. The molecule has 2 atom stereocenters. The number of hydrogen-bond acceptors (Lipinski definition) is 4. The monoisotopic (exact) mass is 395 g/mol. The van der Waals surface area contributed by atoms with Crippen LogP contribution in [0.5, 0.6) is 0 Å². The van der Waals surface area contributed by atoms with Gasteiger partial charge in [0.15, 0.2) is 0 Å². The Balaban J connectivity index is 1.40. The van der Waals surface area contributed by atoms with Crippen molar-refractivity contribution in [3.05, 3.63) is 59.8 Å². The summed E-state index contributed by atoms with van der Waals surface area (Å²) < 4.78 is 13.9. The van der Waals surface area contributed by atoms with Crippen LogP contribution in [0.25, 0.3) is 10.9 Å². The second kappa shape index (κ2) is 7.98. The normalized spacial score (nSPS) is 17.4. The van der Waals surface area contributed by atoms with E-state index in [9.17, 15) is 14.0 Å². The predicted octanol–water partition coefficient (Wildman–Crippen LogP) is 2.31. The van der Waals surface area contributed by atoms with Gasteiger partial charge in [0.05, 0.1) is 23.7 Å². The summed E-state index contributed by atoms with van der Waals surface area (Å²) in [7, 11) is 0. The number of halogens is 1. The van der Waals surface area contributed by atoms with Crippen LogP contribution in [0.3, 0.4) is 0 Å². The van der Waals surface area contributed by atoms with E-state index >= 15 is 0 Å². The molecule has 4 rings (SSSR count). The minimum atomic E-state index is -0.472. The molecule has 1 aromatic carbocycles. The first kappa shape index (κ1) is 19.0. The van der Waals surface area contributed by atoms with Gasteiger partial charge in [0.2, 0.25) is 5.91 Å². The molecule has 0 radical (unpaired) electrons. The molecule has 2 amide bonds. The smallest absolute Gasteiger partial charge is 0.253 e. The molecule has 2 N–H and O–H groups in total. The fourth-order valence-electron chi connectivity index (χ4n) is 3.81. The molecule has 3 heterocycles. The van der Waals surface area contributed by atoms with Gasteiger partial charge in [0.1, 0.15) is 5.82 Å². The lowest BCUT2D eigenvalue weighted by Crippen LogP contribution is -2.40. The van der Waals surface area contributed by atoms with Crippen molar-refractivity contribution in [3.8, 4) is 0 Å². The summed E-state index contributed by atoms with van der Waals surface area (Å²) in [5.74, 6) is -0.642. The van der Waals surface area contributed by atoms with Crippen LogP contribution < -0.4 is 5.32 Å². The van der Waals surface area contributed by atoms with Crippen molar-refractivity contribution in [2.75, 3.05) is 13.1 Å². The topological polar surface area (TPSA) is 91.0 Å². The van der Waals surface area contributed by atoms with Crippen molar-refractivity contribution in [2.24, 2.45) is 5.92 Å². The van der Waals surface area contributed by atoms with Crippen molar-refractivity contribution in [2.45, 2.75) is 25.8 Å². The van der Waals surface area contributed by atoms with Gasteiger partial charge in [-0.25, -0.2) is 4.39 Å². The van der Waals surface area contributed by atoms with Crippen molar-refractivity contribution in [1.82, 2.24) is 25.4 Å². The van der Waals surface area contributed by atoms with E-state index in [1.807, 2.05) is 11.8 Å². The Kier molecular flexibility index (Phi) is 5.24. The average molecular weight is 395 g/mol. The number of fused-ring (bicyclic) bond motifs is 1. The number of nitrogens with one attached hydrogen (secondary N) is 2. The minimum Gasteiger partial charge on any atom is -0.349 e. The standard InChI is InChI=1S/C21H22FN5O2/c1-13(16-4-6-27(12-16)19(28)7-14-10-24-25-11-14)26-21(29)18-9-17(22)8-15-3-2-5-23-20(15)18/h2-3,5,8-11,13,16H,4,6-7,12H2,1H3,(H,24,25)(H,26,29). The lowest BCUT2D eigenvalue weighted by atomic mass is 10.00. The summed E-state index contributed by atoms with van der Waals surface area (Å²) in [6, 6.07) is 5.86. The van der Waals surface area contributed by atoms with Crippen LogP contribution in [0.1, 0.15) is 29.3 Å². The van der Waals surface area contributed by atoms with Gasteiger partial charge in [0.25, 0.3) is 5.91 Å². The van der Waals surface area contributed by atoms with Crippen LogP contribution in [0.2, 0.25) is 0 Å². The highest BCUT2D eigenvalue weighted by atomic mass is 19.1. The average Bonchev–Trinajstić information content (AvgIpc) is 3.39. The van der Waals surface area contributed by atoms with Gasteiger partial charge >= 0.3 is 0 Å². The Hall–Kier alpha value is -3.29. The Morgan fingerprint density at radius 3 is 3.07 bits per heavy atom. The maximum absolute atomic E-state index is 13.9. The number of aromatic nitrogens is 3. The Morgan fingerprint density at radius 1 is 1.41 bits per heavy atom. The quantitative estimate of drug-likeness (QED) is 0.694. The molecule has 2 aromatic heterocycles. The molecular weight excluding hydrogens is 373 g/mol. The van der Waals surface area contributed by atoms with Crippen LogP contribution in [-0.2, 0) is 11.2 Å². The van der Waals surface area contributed by atoms with Crippen molar-refractivity contribution in [1.29, 1.82) is 0 Å². The Labute approximate surface area is 167 Å². The van der Waals surface area contributed by atoms with Gasteiger partial charge in [0, 0.05) is 36.9 Å². The SMILES string of the molecule is CC(NC(=O)c1cc(F)cc2cccnc12)C1CCN(C(=O)Cc2cn[nH]c2)C1. The second-order valence-electron chi connectivity index (χ2n) is 7.46. The summed E-state index contributed by atoms with van der Waals surface area (Å²) in [5, 5.41) is 10.1. The molecule has 29 heavy (non-hydrogen) atoms. The van der Waals surface area contributed by atoms with Crippen LogP contribution in [0.15, 0.2) is 42.9 Å². The molecular formula is C21H22FN5O2. The maximum atomic E-state index is 13.9. The molecule has 0 spiro atoms. The molecule has 1 aliphatic heterocycles. The highest BCUT2D eigenvalue weighted by Gasteiger charge is 2.31. The number of aromatic amines is 1. The minimum absolute atomic E-state index is 0.0488. The first-order valence-corrected chi connectivity index (χ1v) is 9.62. The number of hydrogen-bond donors (Lipinski definition) is 2. The lowest BCUT2D eigenvalue weighted by Gasteiger charge is -2.22. The zero-order valence-corrected chi connectivity index (χ0v) is 16.1. The van der Waals surface area contributed by atoms with Gasteiger partial charge in [-0.3, -0.25) is 19.7 Å². The molecule has 150 valence electrons. The summed E-state index contributed by atoms with van der Waals surface area (Å²) in [5.41, 5.74) is 1.55. The third-order valence-corrected chi connectivity index (χ3v) is 5.47. The van der Waals surface area contributed by atoms with E-state index < -0.39 is 5.82 Å². The third-order valence-electron chi connectivity index (χ3n) is 5.47. The van der Waals surface area contributed by atoms with E-state index in [0.717, 1.165) is 12.0 Å². The first-order chi connectivity index (χ1) is 14.0. The second-order valence-corrected chi connectivity index (χ2v) is 7.46. The molecule has 8 heteroatoms. The van der Waals surface area contributed by atoms with Crippen LogP contribution in [0.4, 0.5) is 4.39 Å². The maximum Gasteiger partial charge on any atom is 0.253 e. The first-order valence-electron chi connectivity index (χ1n) is 9.62. The van der Waals surface area contributed by atoms with Gasteiger partial charge in [-0.15, -0.1) is 0 Å². The third kappa shape index (κ3) is 4.11. The number of rotatable bonds is 5. The molecule has 0 aliphatic carbocycles. The van der Waals surface area contributed by atoms with E-state index in [4.69, 9.17) is 0 Å². The van der Waals surface area contributed by atoms with Crippen molar-refractivity contribution >= 4 is 22.7 Å². The number of benzene rings is 1. The van der Waals surface area contributed by atoms with Gasteiger partial charge in [-0.2, -0.15) is 5.10 Å². The molecule has 2 unspecified atom stereocenters. The van der Waals surface area contributed by atoms with E-state index in [1.54, 1.807) is 30.7 Å². The van der Waals surface area contributed by atoms with Crippen LogP contribution in [0, 0.1) is 11.7 Å². The number of carbonyl (C=O) groups excluding carboxylic acids is 2. The van der Waals surface area contributed by atoms with E-state index in [0.29, 0.717) is 30.4 Å². The molecule has 1 fully saturated rings. The number of carbonyl (C=O) groups is 2. The Bertz CT molecular complexity index is 1040. The zero-order chi connectivity index (χ0) is 20.4. The van der Waals surface area contributed by atoms with E-state index in [-0.39, 0.29) is 29.3 Å². The number of H-pyrrole nitrogens is 1. The van der Waals surface area contributed by atoms with Gasteiger partial charge in [-0.1, -0.05) is 6.07 Å². The van der Waals surface area contributed by atoms with E-state index in [2.05, 4.69) is 20.5 Å². The summed E-state index contributed by atoms with van der Waals surface area (Å²) in [6.07, 6.45) is 6.06. The summed E-state index contributed by atoms with van der Waals surface area (Å²) in [4.78, 5) is 31.3. The fraction of sp³-hybridized carbons (Fsp3) is 0.333. The lowest BCUT2D eigenvalue weighted by molar-refractivity contribution is -0.129. The predicted molar refractivity (Wildman–Crippen MR) is 106 cm³/mol. The molecule has 1 saturated heterocycles. The molecule has 1 aliphatic rings.